The minimum Gasteiger partial charge on any atom is -0.494 e. The molecule has 1 aliphatic rings. The molecule has 7 heteroatoms. The molecule has 2 aromatic rings. The van der Waals surface area contributed by atoms with Crippen molar-refractivity contribution in [2.45, 2.75) is 26.7 Å². The first-order valence-corrected chi connectivity index (χ1v) is 8.94. The molecule has 0 aromatic carbocycles. The zero-order valence-corrected chi connectivity index (χ0v) is 16.4. The number of aromatic nitrogens is 2. The van der Waals surface area contributed by atoms with Gasteiger partial charge in [0.15, 0.2) is 5.78 Å². The molecule has 2 aromatic heterocycles. The summed E-state index contributed by atoms with van der Waals surface area (Å²) in [5.41, 5.74) is 5.32. The monoisotopic (exact) mass is 381 g/mol. The highest BCUT2D eigenvalue weighted by atomic mass is 16.5. The molecule has 7 nitrogen and oxygen atoms in total. The number of nitrogens with one attached hydrogen (secondary N) is 2. The van der Waals surface area contributed by atoms with Gasteiger partial charge in [0.2, 0.25) is 0 Å². The summed E-state index contributed by atoms with van der Waals surface area (Å²) in [6.45, 7) is 3.72. The normalized spacial score (nSPS) is 14.8. The van der Waals surface area contributed by atoms with Crippen molar-refractivity contribution >= 4 is 23.5 Å². The van der Waals surface area contributed by atoms with Crippen LogP contribution in [0, 0.1) is 13.8 Å². The van der Waals surface area contributed by atoms with E-state index in [1.165, 1.54) is 7.11 Å². The van der Waals surface area contributed by atoms with Crippen LogP contribution in [0.2, 0.25) is 0 Å². The van der Waals surface area contributed by atoms with Gasteiger partial charge in [-0.05, 0) is 37.6 Å². The summed E-state index contributed by atoms with van der Waals surface area (Å²) in [6, 6.07) is 3.85. The van der Waals surface area contributed by atoms with E-state index in [2.05, 4.69) is 19.7 Å². The van der Waals surface area contributed by atoms with Crippen LogP contribution in [0.25, 0.3) is 6.08 Å². The number of carbonyl (C=O) groups is 2. The number of rotatable bonds is 7. The van der Waals surface area contributed by atoms with Gasteiger partial charge in [-0.1, -0.05) is 0 Å². The summed E-state index contributed by atoms with van der Waals surface area (Å²) in [7, 11) is 2.91. The number of ketones is 1. The molecular weight excluding hydrogens is 358 g/mol. The summed E-state index contributed by atoms with van der Waals surface area (Å²) in [5, 5.41) is 0. The van der Waals surface area contributed by atoms with E-state index in [9.17, 15) is 9.59 Å². The Hall–Kier alpha value is -3.35. The van der Waals surface area contributed by atoms with E-state index in [-0.39, 0.29) is 18.6 Å². The molecule has 0 atom stereocenters. The van der Waals surface area contributed by atoms with Gasteiger partial charge in [-0.3, -0.25) is 9.59 Å². The molecule has 0 fully saturated rings. The van der Waals surface area contributed by atoms with E-state index in [4.69, 9.17) is 4.74 Å². The van der Waals surface area contributed by atoms with Gasteiger partial charge in [-0.2, -0.15) is 0 Å². The Morgan fingerprint density at radius 1 is 1.21 bits per heavy atom. The second kappa shape index (κ2) is 8.12. The van der Waals surface area contributed by atoms with Crippen molar-refractivity contribution in [3.05, 3.63) is 64.1 Å². The summed E-state index contributed by atoms with van der Waals surface area (Å²) >= 11 is 0. The van der Waals surface area contributed by atoms with E-state index in [1.54, 1.807) is 7.11 Å². The number of ether oxygens (including phenoxy) is 2. The topological polar surface area (TPSA) is 96.5 Å². The molecule has 0 saturated heterocycles. The number of allylic oxidation sites excluding steroid dienone is 1. The van der Waals surface area contributed by atoms with Crippen molar-refractivity contribution in [1.82, 2.24) is 9.97 Å². The van der Waals surface area contributed by atoms with Crippen LogP contribution in [0.5, 0.6) is 0 Å². The number of H-pyrrole nitrogens is 2. The number of esters is 1. The van der Waals surface area contributed by atoms with Crippen molar-refractivity contribution in [3.63, 3.8) is 0 Å². The number of hydrogen-bond acceptors (Lipinski definition) is 5. The van der Waals surface area contributed by atoms with Crippen LogP contribution in [0.15, 0.2) is 40.9 Å². The van der Waals surface area contributed by atoms with Gasteiger partial charge in [-0.15, -0.1) is 0 Å². The first kappa shape index (κ1) is 19.4. The lowest BCUT2D eigenvalue weighted by Crippen LogP contribution is -2.07. The number of aryl methyl sites for hydroxylation is 1. The maximum atomic E-state index is 12.6. The fourth-order valence-electron chi connectivity index (χ4n) is 3.23. The molecule has 3 heterocycles. The number of methoxy groups -OCH3 is 2. The van der Waals surface area contributed by atoms with Gasteiger partial charge in [0, 0.05) is 35.6 Å². The molecule has 0 saturated carbocycles. The third kappa shape index (κ3) is 3.83. The highest BCUT2D eigenvalue weighted by Crippen LogP contribution is 2.28. The molecule has 0 bridgehead atoms. The third-order valence-corrected chi connectivity index (χ3v) is 4.67. The molecule has 0 radical (unpaired) electrons. The molecule has 146 valence electrons. The number of aliphatic imine (C=N–C) groups is 1. The average molecular weight is 381 g/mol. The number of nitrogens with zero attached hydrogens (tertiary/aromatic N) is 1. The van der Waals surface area contributed by atoms with Crippen molar-refractivity contribution in [1.29, 1.82) is 0 Å². The Morgan fingerprint density at radius 2 is 2.00 bits per heavy atom. The fraction of sp³-hybridized carbons (Fsp3) is 0.286. The molecule has 0 aliphatic carbocycles. The summed E-state index contributed by atoms with van der Waals surface area (Å²) in [4.78, 5) is 34.9. The number of Topliss-reactive ketones (excluding diaryl/α,β-unsaturated/α-hetero) is 1. The van der Waals surface area contributed by atoms with E-state index < -0.39 is 5.97 Å². The number of aromatic amines is 2. The molecule has 0 spiro atoms. The quantitative estimate of drug-likeness (QED) is 0.567. The Labute approximate surface area is 163 Å². The molecule has 0 unspecified atom stereocenters. The predicted octanol–water partition coefficient (Wildman–Crippen LogP) is 3.47. The lowest BCUT2D eigenvalue weighted by atomic mass is 10.0. The zero-order chi connectivity index (χ0) is 20.3. The van der Waals surface area contributed by atoms with Gasteiger partial charge in [0.25, 0.3) is 0 Å². The van der Waals surface area contributed by atoms with Crippen LogP contribution in [-0.2, 0) is 14.3 Å². The van der Waals surface area contributed by atoms with E-state index in [1.807, 2.05) is 44.3 Å². The van der Waals surface area contributed by atoms with Crippen molar-refractivity contribution in [2.24, 2.45) is 4.99 Å². The van der Waals surface area contributed by atoms with Crippen molar-refractivity contribution in [2.75, 3.05) is 14.2 Å². The van der Waals surface area contributed by atoms with Crippen molar-refractivity contribution in [3.8, 4) is 0 Å². The SMILES string of the molecule is COC(=O)CCC(=O)c1c(C)[nH]c(C=C2N=C(c3ccc[nH]3)C=C2OC)c1C. The molecule has 28 heavy (non-hydrogen) atoms. The van der Waals surface area contributed by atoms with Crippen molar-refractivity contribution < 1.29 is 19.1 Å². The molecular formula is C21H23N3O4. The van der Waals surface area contributed by atoms with Crippen LogP contribution in [0.1, 0.15) is 45.8 Å². The smallest absolute Gasteiger partial charge is 0.305 e. The maximum absolute atomic E-state index is 12.6. The van der Waals surface area contributed by atoms with Crippen LogP contribution in [0.4, 0.5) is 0 Å². The van der Waals surface area contributed by atoms with E-state index in [0.29, 0.717) is 17.0 Å². The van der Waals surface area contributed by atoms with Gasteiger partial charge in [0.05, 0.1) is 32.0 Å². The van der Waals surface area contributed by atoms with Gasteiger partial charge in [0.1, 0.15) is 11.5 Å². The first-order chi connectivity index (χ1) is 13.4. The van der Waals surface area contributed by atoms with Crippen LogP contribution in [0.3, 0.4) is 0 Å². The average Bonchev–Trinajstić information content (AvgIpc) is 3.39. The second-order valence-electron chi connectivity index (χ2n) is 6.49. The van der Waals surface area contributed by atoms with Gasteiger partial charge >= 0.3 is 5.97 Å². The van der Waals surface area contributed by atoms with E-state index in [0.717, 1.165) is 28.4 Å². The zero-order valence-electron chi connectivity index (χ0n) is 16.4. The Bertz CT molecular complexity index is 991. The molecule has 1 aliphatic heterocycles. The molecule has 0 amide bonds. The standard InChI is InChI=1S/C21H23N3O4/c1-12-15(23-13(2)21(12)18(25)7-8-20(26)28-4)10-17-19(27-3)11-16(24-17)14-6-5-9-22-14/h5-6,9-11,22-23H,7-8H2,1-4H3. The minimum atomic E-state index is -0.395. The van der Waals surface area contributed by atoms with Gasteiger partial charge in [-0.25, -0.2) is 4.99 Å². The van der Waals surface area contributed by atoms with E-state index >= 15 is 0 Å². The largest absolute Gasteiger partial charge is 0.494 e. The summed E-state index contributed by atoms with van der Waals surface area (Å²) in [6.07, 6.45) is 5.75. The minimum absolute atomic E-state index is 0.0657. The highest BCUT2D eigenvalue weighted by Gasteiger charge is 2.21. The summed E-state index contributed by atoms with van der Waals surface area (Å²) < 4.78 is 10.1. The number of hydrogen-bond donors (Lipinski definition) is 2. The Morgan fingerprint density at radius 3 is 2.64 bits per heavy atom. The lowest BCUT2D eigenvalue weighted by molar-refractivity contribution is -0.140. The molecule has 3 rings (SSSR count). The molecule has 2 N–H and O–H groups in total. The van der Waals surface area contributed by atoms with Crippen LogP contribution < -0.4 is 0 Å². The first-order valence-electron chi connectivity index (χ1n) is 8.94. The van der Waals surface area contributed by atoms with Crippen LogP contribution in [-0.4, -0.2) is 41.7 Å². The third-order valence-electron chi connectivity index (χ3n) is 4.67. The fourth-order valence-corrected chi connectivity index (χ4v) is 3.23. The van der Waals surface area contributed by atoms with Gasteiger partial charge < -0.3 is 19.4 Å². The predicted molar refractivity (Wildman–Crippen MR) is 106 cm³/mol. The Balaban J connectivity index is 1.89. The maximum Gasteiger partial charge on any atom is 0.305 e. The lowest BCUT2D eigenvalue weighted by Gasteiger charge is -2.03. The van der Waals surface area contributed by atoms with Crippen LogP contribution >= 0.6 is 0 Å². The summed E-state index contributed by atoms with van der Waals surface area (Å²) in [5.74, 6) is 0.161. The number of carbonyl (C=O) groups excluding carboxylic acids is 2. The second-order valence-corrected chi connectivity index (χ2v) is 6.49. The highest BCUT2D eigenvalue weighted by molar-refractivity contribution is 6.11. The Kier molecular flexibility index (Phi) is 5.63.